The van der Waals surface area contributed by atoms with E-state index in [0.717, 1.165) is 61.6 Å². The average molecular weight is 424 g/mol. The van der Waals surface area contributed by atoms with Gasteiger partial charge in [-0.15, -0.1) is 11.8 Å². The van der Waals surface area contributed by atoms with Crippen LogP contribution in [0.2, 0.25) is 5.02 Å². The first kappa shape index (κ1) is 21.3. The van der Waals surface area contributed by atoms with Gasteiger partial charge in [0.15, 0.2) is 0 Å². The van der Waals surface area contributed by atoms with E-state index in [0.29, 0.717) is 22.9 Å². The molecule has 0 amide bonds. The highest BCUT2D eigenvalue weighted by Gasteiger charge is 2.21. The van der Waals surface area contributed by atoms with Crippen LogP contribution in [0.25, 0.3) is 0 Å². The van der Waals surface area contributed by atoms with E-state index in [1.807, 2.05) is 4.57 Å². The highest BCUT2D eigenvalue weighted by atomic mass is 35.5. The molecular weight excluding hydrogens is 397 g/mol. The molecule has 0 bridgehead atoms. The first-order valence-electron chi connectivity index (χ1n) is 9.95. The largest absolute Gasteiger partial charge is 0.348 e. The molecule has 0 spiro atoms. The van der Waals surface area contributed by atoms with Crippen molar-refractivity contribution >= 4 is 23.4 Å². The second kappa shape index (κ2) is 9.90. The Bertz CT molecular complexity index is 862. The van der Waals surface area contributed by atoms with Crippen LogP contribution in [0.5, 0.6) is 0 Å². The topological polar surface area (TPSA) is 38.1 Å². The second-order valence-electron chi connectivity index (χ2n) is 7.00. The number of nitrogens with zero attached hydrogens (tertiary/aromatic N) is 3. The predicted octanol–water partition coefficient (Wildman–Crippen LogP) is 4.55. The lowest BCUT2D eigenvalue weighted by atomic mass is 9.97. The number of thioether (sulfide) groups is 1. The van der Waals surface area contributed by atoms with E-state index < -0.39 is 0 Å². The van der Waals surface area contributed by atoms with E-state index in [-0.39, 0.29) is 11.5 Å². The summed E-state index contributed by atoms with van der Waals surface area (Å²) in [5, 5.41) is 1.15. The molecule has 1 heterocycles. The third-order valence-corrected chi connectivity index (χ3v) is 6.80. The summed E-state index contributed by atoms with van der Waals surface area (Å²) in [5.74, 6) is 0.0508. The first-order chi connectivity index (χ1) is 13.5. The lowest BCUT2D eigenvalue weighted by molar-refractivity contribution is 0.285. The van der Waals surface area contributed by atoms with Crippen LogP contribution in [0.15, 0.2) is 28.0 Å². The Balaban J connectivity index is 1.87. The van der Waals surface area contributed by atoms with Gasteiger partial charge in [0, 0.05) is 40.7 Å². The van der Waals surface area contributed by atoms with Crippen molar-refractivity contribution in [1.82, 2.24) is 14.5 Å². The number of aromatic nitrogens is 2. The summed E-state index contributed by atoms with van der Waals surface area (Å²) < 4.78 is 15.9. The fourth-order valence-corrected chi connectivity index (χ4v) is 5.11. The molecule has 3 rings (SSSR count). The maximum absolute atomic E-state index is 14.1. The van der Waals surface area contributed by atoms with Crippen LogP contribution in [0.3, 0.4) is 0 Å². The molecule has 0 saturated carbocycles. The molecular formula is C21H27ClFN3OS. The van der Waals surface area contributed by atoms with Gasteiger partial charge in [-0.2, -0.15) is 4.98 Å². The minimum Gasteiger partial charge on any atom is -0.302 e. The summed E-state index contributed by atoms with van der Waals surface area (Å²) in [4.78, 5) is 19.5. The first-order valence-corrected chi connectivity index (χ1v) is 11.3. The summed E-state index contributed by atoms with van der Waals surface area (Å²) in [6.45, 7) is 7.72. The SMILES string of the molecule is CCN(CC)CCn1c2c(c(SCc3c(F)cccc3Cl)nc1=O)CCCC2. The van der Waals surface area contributed by atoms with Crippen LogP contribution in [-0.4, -0.2) is 34.1 Å². The highest BCUT2D eigenvalue weighted by Crippen LogP contribution is 2.32. The molecule has 2 aromatic rings. The van der Waals surface area contributed by atoms with Crippen LogP contribution in [0.1, 0.15) is 43.5 Å². The molecule has 0 atom stereocenters. The van der Waals surface area contributed by atoms with E-state index in [4.69, 9.17) is 11.6 Å². The summed E-state index contributed by atoms with van der Waals surface area (Å²) in [5.41, 5.74) is 2.53. The van der Waals surface area contributed by atoms with Crippen molar-refractivity contribution in [2.45, 2.75) is 56.9 Å². The standard InChI is InChI=1S/C21H27ClFN3OS/c1-3-25(4-2)12-13-26-19-11-6-5-8-15(19)20(24-21(26)27)28-14-16-17(22)9-7-10-18(16)23/h7,9-10H,3-6,8,11-14H2,1-2H3. The molecule has 0 aliphatic heterocycles. The fraction of sp³-hybridized carbons (Fsp3) is 0.524. The summed E-state index contributed by atoms with van der Waals surface area (Å²) in [6, 6.07) is 4.70. The third-order valence-electron chi connectivity index (χ3n) is 5.40. The maximum atomic E-state index is 14.1. The van der Waals surface area contributed by atoms with Gasteiger partial charge >= 0.3 is 5.69 Å². The van der Waals surface area contributed by atoms with Gasteiger partial charge in [-0.05, 0) is 50.9 Å². The van der Waals surface area contributed by atoms with Crippen LogP contribution in [-0.2, 0) is 25.1 Å². The van der Waals surface area contributed by atoms with Gasteiger partial charge in [0.25, 0.3) is 0 Å². The van der Waals surface area contributed by atoms with Gasteiger partial charge in [-0.25, -0.2) is 9.18 Å². The Kier molecular flexibility index (Phi) is 7.55. The summed E-state index contributed by atoms with van der Waals surface area (Å²) in [7, 11) is 0. The second-order valence-corrected chi connectivity index (χ2v) is 8.37. The smallest absolute Gasteiger partial charge is 0.302 e. The van der Waals surface area contributed by atoms with Crippen molar-refractivity contribution < 1.29 is 4.39 Å². The zero-order valence-corrected chi connectivity index (χ0v) is 18.1. The molecule has 7 heteroatoms. The van der Waals surface area contributed by atoms with Gasteiger partial charge in [-0.1, -0.05) is 31.5 Å². The van der Waals surface area contributed by atoms with Crippen LogP contribution < -0.4 is 5.69 Å². The van der Waals surface area contributed by atoms with Crippen LogP contribution >= 0.6 is 23.4 Å². The minimum absolute atomic E-state index is 0.199. The van der Waals surface area contributed by atoms with Crippen LogP contribution in [0, 0.1) is 5.82 Å². The molecule has 1 aromatic heterocycles. The van der Waals surface area contributed by atoms with E-state index in [1.165, 1.54) is 17.8 Å². The van der Waals surface area contributed by atoms with Gasteiger partial charge < -0.3 is 4.90 Å². The van der Waals surface area contributed by atoms with Crippen molar-refractivity contribution in [1.29, 1.82) is 0 Å². The van der Waals surface area contributed by atoms with Crippen molar-refractivity contribution in [3.05, 3.63) is 56.3 Å². The monoisotopic (exact) mass is 423 g/mol. The summed E-state index contributed by atoms with van der Waals surface area (Å²) >= 11 is 7.56. The molecule has 1 aliphatic rings. The number of halogens is 2. The summed E-state index contributed by atoms with van der Waals surface area (Å²) in [6.07, 6.45) is 4.00. The van der Waals surface area contributed by atoms with Crippen molar-refractivity contribution in [2.75, 3.05) is 19.6 Å². The third kappa shape index (κ3) is 4.78. The normalized spacial score (nSPS) is 13.8. The molecule has 0 radical (unpaired) electrons. The molecule has 4 nitrogen and oxygen atoms in total. The molecule has 0 unspecified atom stereocenters. The molecule has 0 saturated heterocycles. The lowest BCUT2D eigenvalue weighted by Crippen LogP contribution is -2.35. The maximum Gasteiger partial charge on any atom is 0.348 e. The Morgan fingerprint density at radius 2 is 2.00 bits per heavy atom. The number of fused-ring (bicyclic) bond motifs is 1. The number of rotatable bonds is 8. The van der Waals surface area contributed by atoms with Crippen LogP contribution in [0.4, 0.5) is 4.39 Å². The number of benzene rings is 1. The Labute approximate surface area is 175 Å². The molecule has 1 aliphatic carbocycles. The van der Waals surface area contributed by atoms with Crippen molar-refractivity contribution in [3.8, 4) is 0 Å². The van der Waals surface area contributed by atoms with Crippen molar-refractivity contribution in [2.24, 2.45) is 0 Å². The van der Waals surface area contributed by atoms with Gasteiger partial charge in [0.2, 0.25) is 0 Å². The van der Waals surface area contributed by atoms with E-state index in [9.17, 15) is 9.18 Å². The van der Waals surface area contributed by atoms with Gasteiger partial charge in [-0.3, -0.25) is 4.57 Å². The molecule has 1 aromatic carbocycles. The van der Waals surface area contributed by atoms with Gasteiger partial charge in [0.1, 0.15) is 10.8 Å². The van der Waals surface area contributed by atoms with Crippen molar-refractivity contribution in [3.63, 3.8) is 0 Å². The molecule has 152 valence electrons. The zero-order valence-electron chi connectivity index (χ0n) is 16.5. The van der Waals surface area contributed by atoms with E-state index >= 15 is 0 Å². The lowest BCUT2D eigenvalue weighted by Gasteiger charge is -2.25. The highest BCUT2D eigenvalue weighted by molar-refractivity contribution is 7.98. The van der Waals surface area contributed by atoms with E-state index in [1.54, 1.807) is 12.1 Å². The zero-order chi connectivity index (χ0) is 20.1. The van der Waals surface area contributed by atoms with E-state index in [2.05, 4.69) is 23.7 Å². The Morgan fingerprint density at radius 1 is 1.25 bits per heavy atom. The predicted molar refractivity (Wildman–Crippen MR) is 114 cm³/mol. The number of hydrogen-bond donors (Lipinski definition) is 0. The number of hydrogen-bond acceptors (Lipinski definition) is 4. The Hall–Kier alpha value is -1.37. The quantitative estimate of drug-likeness (QED) is 0.461. The minimum atomic E-state index is -0.318. The molecule has 28 heavy (non-hydrogen) atoms. The molecule has 0 fully saturated rings. The number of likely N-dealkylation sites (N-methyl/N-ethyl adjacent to an activating group) is 1. The Morgan fingerprint density at radius 3 is 2.71 bits per heavy atom. The molecule has 0 N–H and O–H groups in total. The average Bonchev–Trinajstić information content (AvgIpc) is 2.70. The van der Waals surface area contributed by atoms with Gasteiger partial charge in [0.05, 0.1) is 0 Å². The fourth-order valence-electron chi connectivity index (χ4n) is 3.69.